The molecule has 0 radical (unpaired) electrons. The molecule has 28 heavy (non-hydrogen) atoms. The third-order valence-corrected chi connectivity index (χ3v) is 5.08. The molecule has 142 valence electrons. The van der Waals surface area contributed by atoms with Crippen LogP contribution in [-0.2, 0) is 12.8 Å². The number of rotatable bonds is 5. The number of allylic oxidation sites excluding steroid dienone is 1. The number of oxazole rings is 1. The molecule has 1 aliphatic rings. The zero-order valence-electron chi connectivity index (χ0n) is 15.8. The Kier molecular flexibility index (Phi) is 4.98. The number of ether oxygens (including phenoxy) is 1. The van der Waals surface area contributed by atoms with Crippen molar-refractivity contribution >= 4 is 5.91 Å². The SMILES string of the molecule is C=CCc1c(C)c(Cc2ccc(-c3cocn3)cc2)cc2c1OCCNC2=O. The van der Waals surface area contributed by atoms with Gasteiger partial charge in [-0.3, -0.25) is 4.79 Å². The van der Waals surface area contributed by atoms with Crippen molar-refractivity contribution < 1.29 is 13.9 Å². The molecule has 1 aliphatic heterocycles. The van der Waals surface area contributed by atoms with Gasteiger partial charge in [0, 0.05) is 11.1 Å². The average molecular weight is 374 g/mol. The van der Waals surface area contributed by atoms with Gasteiger partial charge in [-0.05, 0) is 42.5 Å². The summed E-state index contributed by atoms with van der Waals surface area (Å²) in [4.78, 5) is 16.7. The number of fused-ring (bicyclic) bond motifs is 1. The maximum Gasteiger partial charge on any atom is 0.255 e. The van der Waals surface area contributed by atoms with Crippen molar-refractivity contribution in [2.75, 3.05) is 13.2 Å². The number of carbonyl (C=O) groups is 1. The van der Waals surface area contributed by atoms with Crippen LogP contribution in [0.15, 0.2) is 60.1 Å². The van der Waals surface area contributed by atoms with E-state index in [9.17, 15) is 4.79 Å². The fraction of sp³-hybridized carbons (Fsp3) is 0.217. The van der Waals surface area contributed by atoms with Crippen LogP contribution in [0, 0.1) is 6.92 Å². The largest absolute Gasteiger partial charge is 0.491 e. The first kappa shape index (κ1) is 18.0. The fourth-order valence-corrected chi connectivity index (χ4v) is 3.56. The lowest BCUT2D eigenvalue weighted by Crippen LogP contribution is -2.24. The van der Waals surface area contributed by atoms with Crippen LogP contribution in [0.2, 0.25) is 0 Å². The van der Waals surface area contributed by atoms with E-state index in [-0.39, 0.29) is 5.91 Å². The number of carbonyl (C=O) groups excluding carboxylic acids is 1. The van der Waals surface area contributed by atoms with Crippen molar-refractivity contribution in [3.8, 4) is 17.0 Å². The summed E-state index contributed by atoms with van der Waals surface area (Å²) in [5.74, 6) is 0.609. The summed E-state index contributed by atoms with van der Waals surface area (Å²) >= 11 is 0. The Labute approximate surface area is 164 Å². The Morgan fingerprint density at radius 3 is 2.82 bits per heavy atom. The lowest BCUT2D eigenvalue weighted by Gasteiger charge is -2.18. The first-order valence-corrected chi connectivity index (χ1v) is 9.32. The number of nitrogens with one attached hydrogen (secondary N) is 1. The summed E-state index contributed by atoms with van der Waals surface area (Å²) in [6.07, 6.45) is 6.31. The van der Waals surface area contributed by atoms with Gasteiger partial charge in [0.25, 0.3) is 5.91 Å². The highest BCUT2D eigenvalue weighted by Gasteiger charge is 2.23. The molecule has 0 spiro atoms. The zero-order chi connectivity index (χ0) is 19.5. The van der Waals surface area contributed by atoms with E-state index in [1.54, 1.807) is 6.26 Å². The molecule has 5 heteroatoms. The van der Waals surface area contributed by atoms with E-state index in [0.717, 1.165) is 39.9 Å². The minimum absolute atomic E-state index is 0.0829. The lowest BCUT2D eigenvalue weighted by molar-refractivity contribution is 0.0957. The molecule has 0 bridgehead atoms. The molecular weight excluding hydrogens is 352 g/mol. The normalized spacial score (nSPS) is 13.2. The number of benzene rings is 2. The Hall–Kier alpha value is -3.34. The zero-order valence-corrected chi connectivity index (χ0v) is 15.8. The van der Waals surface area contributed by atoms with Crippen LogP contribution in [0.4, 0.5) is 0 Å². The van der Waals surface area contributed by atoms with Crippen LogP contribution in [0.5, 0.6) is 5.75 Å². The van der Waals surface area contributed by atoms with Gasteiger partial charge in [-0.2, -0.15) is 0 Å². The topological polar surface area (TPSA) is 64.4 Å². The molecule has 3 aromatic rings. The predicted molar refractivity (Wildman–Crippen MR) is 108 cm³/mol. The van der Waals surface area contributed by atoms with E-state index < -0.39 is 0 Å². The van der Waals surface area contributed by atoms with Crippen LogP contribution >= 0.6 is 0 Å². The number of hydrogen-bond acceptors (Lipinski definition) is 4. The van der Waals surface area contributed by atoms with Gasteiger partial charge in [0.05, 0.1) is 12.1 Å². The molecule has 0 saturated heterocycles. The number of hydrogen-bond donors (Lipinski definition) is 1. The maximum atomic E-state index is 12.5. The van der Waals surface area contributed by atoms with E-state index in [1.807, 2.05) is 24.3 Å². The van der Waals surface area contributed by atoms with Gasteiger partial charge in [-0.15, -0.1) is 6.58 Å². The van der Waals surface area contributed by atoms with E-state index in [2.05, 4.69) is 35.9 Å². The second-order valence-electron chi connectivity index (χ2n) is 6.86. The molecule has 0 aliphatic carbocycles. The second kappa shape index (κ2) is 7.72. The van der Waals surface area contributed by atoms with Crippen molar-refractivity contribution in [1.29, 1.82) is 0 Å². The quantitative estimate of drug-likeness (QED) is 0.683. The molecule has 1 aromatic heterocycles. The Morgan fingerprint density at radius 1 is 1.29 bits per heavy atom. The standard InChI is InChI=1S/C23H22N2O3/c1-3-4-19-15(2)18(12-20-22(19)28-10-9-24-23(20)26)11-16-5-7-17(8-6-16)21-13-27-14-25-21/h3,5-8,12-14H,1,4,9-11H2,2H3,(H,24,26). The minimum atomic E-state index is -0.0829. The Bertz CT molecular complexity index is 1010. The molecular formula is C23H22N2O3. The van der Waals surface area contributed by atoms with Gasteiger partial charge >= 0.3 is 0 Å². The van der Waals surface area contributed by atoms with Gasteiger partial charge in [-0.25, -0.2) is 4.98 Å². The summed E-state index contributed by atoms with van der Waals surface area (Å²) in [7, 11) is 0. The molecule has 0 fully saturated rings. The molecule has 5 nitrogen and oxygen atoms in total. The van der Waals surface area contributed by atoms with Crippen molar-refractivity contribution in [2.24, 2.45) is 0 Å². The Balaban J connectivity index is 1.70. The minimum Gasteiger partial charge on any atom is -0.491 e. The molecule has 0 atom stereocenters. The summed E-state index contributed by atoms with van der Waals surface area (Å²) in [6.45, 7) is 6.94. The first-order chi connectivity index (χ1) is 13.7. The average Bonchev–Trinajstić information content (AvgIpc) is 3.18. The fourth-order valence-electron chi connectivity index (χ4n) is 3.56. The van der Waals surface area contributed by atoms with Crippen LogP contribution in [-0.4, -0.2) is 24.0 Å². The lowest BCUT2D eigenvalue weighted by atomic mass is 9.91. The molecule has 1 N–H and O–H groups in total. The second-order valence-corrected chi connectivity index (χ2v) is 6.86. The number of aromatic nitrogens is 1. The predicted octanol–water partition coefficient (Wildman–Crippen LogP) is 4.09. The Morgan fingerprint density at radius 2 is 2.11 bits per heavy atom. The first-order valence-electron chi connectivity index (χ1n) is 9.32. The summed E-state index contributed by atoms with van der Waals surface area (Å²) in [5, 5.41) is 2.90. The third kappa shape index (κ3) is 3.43. The molecule has 0 saturated carbocycles. The van der Waals surface area contributed by atoms with Gasteiger partial charge in [0.2, 0.25) is 0 Å². The highest BCUT2D eigenvalue weighted by atomic mass is 16.5. The summed E-state index contributed by atoms with van der Waals surface area (Å²) in [6, 6.07) is 10.2. The molecule has 2 aromatic carbocycles. The van der Waals surface area contributed by atoms with Gasteiger partial charge in [0.15, 0.2) is 6.39 Å². The summed E-state index contributed by atoms with van der Waals surface area (Å²) in [5.41, 5.74) is 6.90. The smallest absolute Gasteiger partial charge is 0.255 e. The number of amides is 1. The van der Waals surface area contributed by atoms with Crippen molar-refractivity contribution in [3.63, 3.8) is 0 Å². The van der Waals surface area contributed by atoms with E-state index in [0.29, 0.717) is 30.9 Å². The third-order valence-electron chi connectivity index (χ3n) is 5.08. The van der Waals surface area contributed by atoms with Gasteiger partial charge in [0.1, 0.15) is 24.3 Å². The highest BCUT2D eigenvalue weighted by molar-refractivity contribution is 5.98. The summed E-state index contributed by atoms with van der Waals surface area (Å²) < 4.78 is 10.9. The monoisotopic (exact) mass is 374 g/mol. The maximum absolute atomic E-state index is 12.5. The van der Waals surface area contributed by atoms with Crippen LogP contribution < -0.4 is 10.1 Å². The molecule has 2 heterocycles. The van der Waals surface area contributed by atoms with Gasteiger partial charge < -0.3 is 14.5 Å². The van der Waals surface area contributed by atoms with E-state index >= 15 is 0 Å². The van der Waals surface area contributed by atoms with E-state index in [4.69, 9.17) is 9.15 Å². The van der Waals surface area contributed by atoms with Crippen LogP contribution in [0.3, 0.4) is 0 Å². The molecule has 1 amide bonds. The van der Waals surface area contributed by atoms with Crippen LogP contribution in [0.25, 0.3) is 11.3 Å². The van der Waals surface area contributed by atoms with Crippen LogP contribution in [0.1, 0.15) is 32.6 Å². The molecule has 4 rings (SSSR count). The highest BCUT2D eigenvalue weighted by Crippen LogP contribution is 2.33. The van der Waals surface area contributed by atoms with Crippen molar-refractivity contribution in [1.82, 2.24) is 10.3 Å². The molecule has 0 unspecified atom stereocenters. The van der Waals surface area contributed by atoms with E-state index in [1.165, 1.54) is 6.39 Å². The number of nitrogens with zero attached hydrogens (tertiary/aromatic N) is 1. The van der Waals surface area contributed by atoms with Gasteiger partial charge in [-0.1, -0.05) is 30.3 Å². The van der Waals surface area contributed by atoms with Crippen molar-refractivity contribution in [3.05, 3.63) is 83.5 Å². The van der Waals surface area contributed by atoms with Crippen molar-refractivity contribution in [2.45, 2.75) is 19.8 Å².